The van der Waals surface area contributed by atoms with Crippen molar-refractivity contribution in [3.8, 4) is 0 Å². The molecule has 1 aromatic rings. The highest BCUT2D eigenvalue weighted by molar-refractivity contribution is 7.89. The molecule has 1 aromatic carbocycles. The fourth-order valence-electron chi connectivity index (χ4n) is 3.51. The van der Waals surface area contributed by atoms with Gasteiger partial charge >= 0.3 is 0 Å². The van der Waals surface area contributed by atoms with Gasteiger partial charge < -0.3 is 10.1 Å². The standard InChI is InChI=1S/C16H22N2O4S/c1-11-5-3-4-6-15(11)23(20,21)18-10-9-13-12(18)7-8-14(22-13)16(19)17-2/h3-6,12-14H,7-10H2,1-2H3,(H,17,19)/t12-,13-,14+/m0/s1. The number of hydrogen-bond acceptors (Lipinski definition) is 4. The monoisotopic (exact) mass is 338 g/mol. The van der Waals surface area contributed by atoms with E-state index in [1.165, 1.54) is 0 Å². The quantitative estimate of drug-likeness (QED) is 0.894. The van der Waals surface area contributed by atoms with E-state index in [1.807, 2.05) is 6.07 Å². The van der Waals surface area contributed by atoms with Gasteiger partial charge in [-0.15, -0.1) is 0 Å². The van der Waals surface area contributed by atoms with E-state index in [1.54, 1.807) is 36.5 Å². The zero-order valence-corrected chi connectivity index (χ0v) is 14.2. The van der Waals surface area contributed by atoms with Gasteiger partial charge in [-0.3, -0.25) is 4.79 Å². The van der Waals surface area contributed by atoms with Crippen LogP contribution in [0.15, 0.2) is 29.2 Å². The van der Waals surface area contributed by atoms with E-state index in [0.717, 1.165) is 5.56 Å². The van der Waals surface area contributed by atoms with E-state index in [4.69, 9.17) is 4.74 Å². The Bertz CT molecular complexity index is 704. The molecule has 0 spiro atoms. The summed E-state index contributed by atoms with van der Waals surface area (Å²) in [6.45, 7) is 2.24. The van der Waals surface area contributed by atoms with Crippen LogP contribution in [-0.4, -0.2) is 50.5 Å². The molecule has 1 amide bonds. The minimum absolute atomic E-state index is 0.135. The maximum atomic E-state index is 13.0. The number of benzene rings is 1. The van der Waals surface area contributed by atoms with Crippen LogP contribution in [0.3, 0.4) is 0 Å². The molecular weight excluding hydrogens is 316 g/mol. The lowest BCUT2D eigenvalue weighted by atomic mass is 9.99. The van der Waals surface area contributed by atoms with Crippen molar-refractivity contribution in [1.82, 2.24) is 9.62 Å². The average Bonchev–Trinajstić information content (AvgIpc) is 2.98. The Hall–Kier alpha value is -1.44. The predicted octanol–water partition coefficient (Wildman–Crippen LogP) is 1.05. The highest BCUT2D eigenvalue weighted by Crippen LogP contribution is 2.35. The molecule has 2 fully saturated rings. The van der Waals surface area contributed by atoms with Crippen LogP contribution in [0.4, 0.5) is 0 Å². The highest BCUT2D eigenvalue weighted by Gasteiger charge is 2.46. The number of rotatable bonds is 3. The molecule has 23 heavy (non-hydrogen) atoms. The molecular formula is C16H22N2O4S. The molecule has 1 N–H and O–H groups in total. The third kappa shape index (κ3) is 2.88. The fourth-order valence-corrected chi connectivity index (χ4v) is 5.43. The first-order chi connectivity index (χ1) is 10.9. The fraction of sp³-hybridized carbons (Fsp3) is 0.562. The van der Waals surface area contributed by atoms with Crippen LogP contribution in [0.5, 0.6) is 0 Å². The maximum absolute atomic E-state index is 13.0. The van der Waals surface area contributed by atoms with Crippen LogP contribution in [0.1, 0.15) is 24.8 Å². The number of likely N-dealkylation sites (N-methyl/N-ethyl adjacent to an activating group) is 1. The number of carbonyl (C=O) groups is 1. The van der Waals surface area contributed by atoms with E-state index in [9.17, 15) is 13.2 Å². The Kier molecular flexibility index (Phi) is 4.44. The highest BCUT2D eigenvalue weighted by atomic mass is 32.2. The third-order valence-electron chi connectivity index (χ3n) is 4.72. The second kappa shape index (κ2) is 6.22. The number of amides is 1. The second-order valence-corrected chi connectivity index (χ2v) is 7.95. The first-order valence-corrected chi connectivity index (χ1v) is 9.33. The van der Waals surface area contributed by atoms with Gasteiger partial charge in [-0.05, 0) is 37.8 Å². The number of carbonyl (C=O) groups excluding carboxylic acids is 1. The van der Waals surface area contributed by atoms with Crippen LogP contribution >= 0.6 is 0 Å². The number of hydrogen-bond donors (Lipinski definition) is 1. The summed E-state index contributed by atoms with van der Waals surface area (Å²) >= 11 is 0. The Morgan fingerprint density at radius 3 is 2.70 bits per heavy atom. The topological polar surface area (TPSA) is 75.7 Å². The number of ether oxygens (including phenoxy) is 1. The van der Waals surface area contributed by atoms with Gasteiger partial charge in [0.05, 0.1) is 17.0 Å². The van der Waals surface area contributed by atoms with E-state index >= 15 is 0 Å². The van der Waals surface area contributed by atoms with E-state index in [0.29, 0.717) is 30.7 Å². The lowest BCUT2D eigenvalue weighted by Crippen LogP contribution is -2.48. The predicted molar refractivity (Wildman–Crippen MR) is 85.4 cm³/mol. The molecule has 126 valence electrons. The summed E-state index contributed by atoms with van der Waals surface area (Å²) in [6.07, 6.45) is 1.14. The molecule has 0 radical (unpaired) electrons. The minimum Gasteiger partial charge on any atom is -0.363 e. The zero-order chi connectivity index (χ0) is 16.6. The van der Waals surface area contributed by atoms with Gasteiger partial charge in [0.1, 0.15) is 6.10 Å². The summed E-state index contributed by atoms with van der Waals surface area (Å²) in [5.41, 5.74) is 0.746. The number of sulfonamides is 1. The van der Waals surface area contributed by atoms with Crippen LogP contribution in [0.2, 0.25) is 0 Å². The zero-order valence-electron chi connectivity index (χ0n) is 13.4. The Balaban J connectivity index is 1.82. The van der Waals surface area contributed by atoms with Crippen molar-refractivity contribution in [3.05, 3.63) is 29.8 Å². The maximum Gasteiger partial charge on any atom is 0.248 e. The lowest BCUT2D eigenvalue weighted by Gasteiger charge is -2.34. The first kappa shape index (κ1) is 16.4. The van der Waals surface area contributed by atoms with Crippen molar-refractivity contribution in [2.45, 2.75) is 49.3 Å². The molecule has 3 atom stereocenters. The van der Waals surface area contributed by atoms with Crippen molar-refractivity contribution in [1.29, 1.82) is 0 Å². The van der Waals surface area contributed by atoms with Crippen molar-refractivity contribution < 1.29 is 17.9 Å². The third-order valence-corrected chi connectivity index (χ3v) is 6.80. The normalized spacial score (nSPS) is 28.3. The van der Waals surface area contributed by atoms with Gasteiger partial charge in [-0.2, -0.15) is 4.31 Å². The molecule has 0 unspecified atom stereocenters. The van der Waals surface area contributed by atoms with E-state index in [-0.39, 0.29) is 18.1 Å². The molecule has 2 heterocycles. The molecule has 2 aliphatic heterocycles. The van der Waals surface area contributed by atoms with Gasteiger partial charge in [0, 0.05) is 13.6 Å². The molecule has 6 nitrogen and oxygen atoms in total. The van der Waals surface area contributed by atoms with Crippen LogP contribution in [0.25, 0.3) is 0 Å². The molecule has 7 heteroatoms. The largest absolute Gasteiger partial charge is 0.363 e. The summed E-state index contributed by atoms with van der Waals surface area (Å²) < 4.78 is 33.3. The van der Waals surface area contributed by atoms with E-state index < -0.39 is 16.1 Å². The van der Waals surface area contributed by atoms with Crippen LogP contribution in [0, 0.1) is 6.92 Å². The number of aryl methyl sites for hydroxylation is 1. The summed E-state index contributed by atoms with van der Waals surface area (Å²) in [4.78, 5) is 12.1. The van der Waals surface area contributed by atoms with E-state index in [2.05, 4.69) is 5.32 Å². The molecule has 0 aliphatic carbocycles. The molecule has 0 aromatic heterocycles. The molecule has 2 aliphatic rings. The number of nitrogens with one attached hydrogen (secondary N) is 1. The van der Waals surface area contributed by atoms with Gasteiger partial charge in [-0.25, -0.2) is 8.42 Å². The van der Waals surface area contributed by atoms with Crippen LogP contribution < -0.4 is 5.32 Å². The van der Waals surface area contributed by atoms with Crippen molar-refractivity contribution >= 4 is 15.9 Å². The van der Waals surface area contributed by atoms with Crippen molar-refractivity contribution in [2.24, 2.45) is 0 Å². The number of nitrogens with zero attached hydrogens (tertiary/aromatic N) is 1. The minimum atomic E-state index is -3.53. The Labute approximate surface area is 136 Å². The summed E-state index contributed by atoms with van der Waals surface area (Å²) in [7, 11) is -1.95. The van der Waals surface area contributed by atoms with Gasteiger partial charge in [0.2, 0.25) is 15.9 Å². The van der Waals surface area contributed by atoms with Crippen molar-refractivity contribution in [2.75, 3.05) is 13.6 Å². The SMILES string of the molecule is CNC(=O)[C@H]1CC[C@H]2[C@H](CCN2S(=O)(=O)c2ccccc2C)O1. The molecule has 2 saturated heterocycles. The Morgan fingerprint density at radius 1 is 1.26 bits per heavy atom. The smallest absolute Gasteiger partial charge is 0.248 e. The molecule has 0 bridgehead atoms. The summed E-state index contributed by atoms with van der Waals surface area (Å²) in [5, 5.41) is 2.59. The average molecular weight is 338 g/mol. The number of fused-ring (bicyclic) bond motifs is 1. The van der Waals surface area contributed by atoms with Gasteiger partial charge in [-0.1, -0.05) is 18.2 Å². The van der Waals surface area contributed by atoms with Crippen LogP contribution in [-0.2, 0) is 19.6 Å². The Morgan fingerprint density at radius 2 is 2.00 bits per heavy atom. The summed E-state index contributed by atoms with van der Waals surface area (Å²) in [5.74, 6) is -0.135. The lowest BCUT2D eigenvalue weighted by molar-refractivity contribution is -0.142. The first-order valence-electron chi connectivity index (χ1n) is 7.89. The van der Waals surface area contributed by atoms with Crippen molar-refractivity contribution in [3.63, 3.8) is 0 Å². The van der Waals surface area contributed by atoms with Gasteiger partial charge in [0.15, 0.2) is 0 Å². The molecule has 0 saturated carbocycles. The van der Waals surface area contributed by atoms with Gasteiger partial charge in [0.25, 0.3) is 0 Å². The summed E-state index contributed by atoms with van der Waals surface area (Å²) in [6, 6.07) is 6.85. The molecule has 3 rings (SSSR count). The second-order valence-electron chi connectivity index (χ2n) is 6.09.